The number of sulfone groups is 1. The zero-order valence-electron chi connectivity index (χ0n) is 14.9. The highest BCUT2D eigenvalue weighted by molar-refractivity contribution is 7.91. The fourth-order valence-corrected chi connectivity index (χ4v) is 4.06. The Labute approximate surface area is 158 Å². The number of hydrogen-bond donors (Lipinski definition) is 2. The molecule has 1 atom stereocenters. The third kappa shape index (κ3) is 3.95. The maximum absolute atomic E-state index is 13.0. The fourth-order valence-electron chi connectivity index (χ4n) is 3.16. The number of amides is 3. The van der Waals surface area contributed by atoms with Crippen LogP contribution in [0.1, 0.15) is 18.1 Å². The van der Waals surface area contributed by atoms with Crippen molar-refractivity contribution in [3.63, 3.8) is 0 Å². The van der Waals surface area contributed by atoms with Crippen LogP contribution in [0.25, 0.3) is 0 Å². The summed E-state index contributed by atoms with van der Waals surface area (Å²) >= 11 is 0. The Morgan fingerprint density at radius 2 is 1.93 bits per heavy atom. The Morgan fingerprint density at radius 3 is 2.56 bits per heavy atom. The van der Waals surface area contributed by atoms with Crippen molar-refractivity contribution in [3.8, 4) is 0 Å². The van der Waals surface area contributed by atoms with Crippen molar-refractivity contribution in [1.82, 2.24) is 5.32 Å². The number of rotatable bonds is 5. The molecule has 142 valence electrons. The number of urea groups is 1. The van der Waals surface area contributed by atoms with E-state index >= 15 is 0 Å². The smallest absolute Gasteiger partial charge is 0.312 e. The number of primary amides is 1. The molecule has 0 spiro atoms. The Balaban J connectivity index is 2.07. The molecule has 0 unspecified atom stereocenters. The second-order valence-corrected chi connectivity index (χ2v) is 8.65. The van der Waals surface area contributed by atoms with Gasteiger partial charge in [0.2, 0.25) is 5.91 Å². The van der Waals surface area contributed by atoms with E-state index in [0.29, 0.717) is 5.69 Å². The minimum Gasteiger partial charge on any atom is -0.352 e. The van der Waals surface area contributed by atoms with Crippen molar-refractivity contribution in [2.24, 2.45) is 5.73 Å². The Kier molecular flexibility index (Phi) is 5.18. The van der Waals surface area contributed by atoms with E-state index in [1.54, 1.807) is 13.0 Å². The molecular formula is C19H21N3O4S. The van der Waals surface area contributed by atoms with Crippen LogP contribution in [0, 0.1) is 0 Å². The summed E-state index contributed by atoms with van der Waals surface area (Å²) in [4.78, 5) is 25.9. The molecule has 1 aliphatic rings. The minimum absolute atomic E-state index is 0.0235. The highest BCUT2D eigenvalue weighted by Gasteiger charge is 2.34. The predicted molar refractivity (Wildman–Crippen MR) is 102 cm³/mol. The third-order valence-electron chi connectivity index (χ3n) is 4.57. The van der Waals surface area contributed by atoms with Crippen LogP contribution in [0.2, 0.25) is 0 Å². The fraction of sp³-hybridized carbons (Fsp3) is 0.263. The third-order valence-corrected chi connectivity index (χ3v) is 6.31. The maximum Gasteiger partial charge on any atom is 0.312 e. The minimum atomic E-state index is -3.41. The maximum atomic E-state index is 13.0. The van der Waals surface area contributed by atoms with Crippen LogP contribution < -0.4 is 16.0 Å². The van der Waals surface area contributed by atoms with Crippen LogP contribution in [0.4, 0.5) is 10.5 Å². The molecule has 0 radical (unpaired) electrons. The molecule has 0 saturated heterocycles. The van der Waals surface area contributed by atoms with Gasteiger partial charge in [-0.3, -0.25) is 4.79 Å². The van der Waals surface area contributed by atoms with Gasteiger partial charge in [-0.25, -0.2) is 13.2 Å². The number of anilines is 1. The van der Waals surface area contributed by atoms with E-state index in [1.165, 1.54) is 17.0 Å². The van der Waals surface area contributed by atoms with Crippen molar-refractivity contribution in [2.45, 2.75) is 30.8 Å². The number of benzene rings is 2. The molecule has 0 saturated carbocycles. The van der Waals surface area contributed by atoms with E-state index in [1.807, 2.05) is 30.3 Å². The molecule has 1 heterocycles. The van der Waals surface area contributed by atoms with Gasteiger partial charge >= 0.3 is 6.03 Å². The molecule has 2 aromatic carbocycles. The number of carbonyl (C=O) groups is 2. The lowest BCUT2D eigenvalue weighted by Gasteiger charge is -2.34. The Morgan fingerprint density at radius 1 is 1.22 bits per heavy atom. The van der Waals surface area contributed by atoms with Gasteiger partial charge < -0.3 is 16.0 Å². The first-order valence-corrected chi connectivity index (χ1v) is 10.2. The number of nitrogens with two attached hydrogens (primary N) is 1. The SMILES string of the molecule is CCS(=O)(=O)c1ccc2c(c1)N(Cc1ccccc1)C(=O)[C@H](NC(N)=O)C2. The van der Waals surface area contributed by atoms with Crippen LogP contribution in [0.5, 0.6) is 0 Å². The van der Waals surface area contributed by atoms with Gasteiger partial charge in [-0.1, -0.05) is 43.3 Å². The van der Waals surface area contributed by atoms with Gasteiger partial charge in [0.1, 0.15) is 6.04 Å². The largest absolute Gasteiger partial charge is 0.352 e. The lowest BCUT2D eigenvalue weighted by molar-refractivity contribution is -0.120. The normalized spacial score (nSPS) is 16.7. The second kappa shape index (κ2) is 7.40. The summed E-state index contributed by atoms with van der Waals surface area (Å²) in [5.74, 6) is -0.347. The summed E-state index contributed by atoms with van der Waals surface area (Å²) in [6, 6.07) is 12.6. The molecule has 27 heavy (non-hydrogen) atoms. The van der Waals surface area contributed by atoms with Gasteiger partial charge in [-0.05, 0) is 23.3 Å². The summed E-state index contributed by atoms with van der Waals surface area (Å²) in [6.07, 6.45) is 0.259. The van der Waals surface area contributed by atoms with Gasteiger partial charge in [-0.2, -0.15) is 0 Å². The average Bonchev–Trinajstić information content (AvgIpc) is 2.65. The van der Waals surface area contributed by atoms with Gasteiger partial charge in [0.25, 0.3) is 0 Å². The molecule has 3 amide bonds. The molecule has 0 aromatic heterocycles. The van der Waals surface area contributed by atoms with Crippen LogP contribution >= 0.6 is 0 Å². The monoisotopic (exact) mass is 387 g/mol. The van der Waals surface area contributed by atoms with Crippen molar-refractivity contribution in [3.05, 3.63) is 59.7 Å². The number of nitrogens with zero attached hydrogens (tertiary/aromatic N) is 1. The van der Waals surface area contributed by atoms with Crippen molar-refractivity contribution >= 4 is 27.5 Å². The van der Waals surface area contributed by atoms with Crippen LogP contribution in [-0.2, 0) is 27.6 Å². The molecule has 2 aromatic rings. The lowest BCUT2D eigenvalue weighted by atomic mass is 9.96. The Hall–Kier alpha value is -2.87. The summed E-state index contributed by atoms with van der Waals surface area (Å²) in [5.41, 5.74) is 7.41. The second-order valence-electron chi connectivity index (χ2n) is 6.37. The number of carbonyl (C=O) groups excluding carboxylic acids is 2. The van der Waals surface area contributed by atoms with Gasteiger partial charge in [0.15, 0.2) is 9.84 Å². The summed E-state index contributed by atoms with van der Waals surface area (Å²) < 4.78 is 24.5. The van der Waals surface area contributed by atoms with Gasteiger partial charge in [0.05, 0.1) is 17.2 Å². The number of hydrogen-bond acceptors (Lipinski definition) is 4. The first-order chi connectivity index (χ1) is 12.8. The number of nitrogens with one attached hydrogen (secondary N) is 1. The van der Waals surface area contributed by atoms with E-state index in [4.69, 9.17) is 5.73 Å². The topological polar surface area (TPSA) is 110 Å². The average molecular weight is 387 g/mol. The van der Waals surface area contributed by atoms with E-state index in [-0.39, 0.29) is 29.5 Å². The van der Waals surface area contributed by atoms with Crippen LogP contribution in [0.15, 0.2) is 53.4 Å². The molecule has 0 aliphatic carbocycles. The quantitative estimate of drug-likeness (QED) is 0.812. The predicted octanol–water partition coefficient (Wildman–Crippen LogP) is 1.61. The molecule has 1 aliphatic heterocycles. The van der Waals surface area contributed by atoms with E-state index in [2.05, 4.69) is 5.32 Å². The molecule has 3 N–H and O–H groups in total. The van der Waals surface area contributed by atoms with E-state index in [0.717, 1.165) is 11.1 Å². The molecule has 7 nitrogen and oxygen atoms in total. The van der Waals surface area contributed by atoms with E-state index < -0.39 is 21.9 Å². The van der Waals surface area contributed by atoms with E-state index in [9.17, 15) is 18.0 Å². The standard InChI is InChI=1S/C19H21N3O4S/c1-2-27(25,26)15-9-8-14-10-16(21-19(20)24)18(23)22(17(14)11-15)12-13-6-4-3-5-7-13/h3-9,11,16H,2,10,12H2,1H3,(H3,20,21,24)/t16-/m1/s1. The van der Waals surface area contributed by atoms with Gasteiger partial charge in [0, 0.05) is 12.1 Å². The van der Waals surface area contributed by atoms with Crippen molar-refractivity contribution in [2.75, 3.05) is 10.7 Å². The molecule has 0 fully saturated rings. The lowest BCUT2D eigenvalue weighted by Crippen LogP contribution is -2.53. The van der Waals surface area contributed by atoms with Crippen molar-refractivity contribution in [1.29, 1.82) is 0 Å². The highest BCUT2D eigenvalue weighted by atomic mass is 32.2. The highest BCUT2D eigenvalue weighted by Crippen LogP contribution is 2.32. The first kappa shape index (κ1) is 18.9. The first-order valence-electron chi connectivity index (χ1n) is 8.59. The van der Waals surface area contributed by atoms with Crippen LogP contribution in [-0.4, -0.2) is 32.2 Å². The zero-order chi connectivity index (χ0) is 19.6. The summed E-state index contributed by atoms with van der Waals surface area (Å²) in [7, 11) is -3.41. The summed E-state index contributed by atoms with van der Waals surface area (Å²) in [6.45, 7) is 1.84. The van der Waals surface area contributed by atoms with Crippen LogP contribution in [0.3, 0.4) is 0 Å². The molecule has 3 rings (SSSR count). The Bertz CT molecular complexity index is 974. The van der Waals surface area contributed by atoms with Gasteiger partial charge in [-0.15, -0.1) is 0 Å². The number of fused-ring (bicyclic) bond motifs is 1. The summed E-state index contributed by atoms with van der Waals surface area (Å²) in [5, 5.41) is 2.47. The van der Waals surface area contributed by atoms with Crippen molar-refractivity contribution < 1.29 is 18.0 Å². The molecule has 0 bridgehead atoms. The molecular weight excluding hydrogens is 366 g/mol. The molecule has 8 heteroatoms. The zero-order valence-corrected chi connectivity index (χ0v) is 15.7.